The van der Waals surface area contributed by atoms with E-state index in [1.54, 1.807) is 13.0 Å². The minimum absolute atomic E-state index is 0.0668. The number of aryl methyl sites for hydroxylation is 2. The minimum Gasteiger partial charge on any atom is -0.356 e. The SMILES string of the molecule is Cc1ccc(/C=C/c2onc(C)c2S(=O)(=O)N2CCCC(C(=O)NCCC3=CCCCC3)C2)cc1. The molecule has 0 saturated carbocycles. The lowest BCUT2D eigenvalue weighted by molar-refractivity contribution is -0.126. The zero-order valence-corrected chi connectivity index (χ0v) is 21.4. The number of carbonyl (C=O) groups is 1. The molecule has 2 aliphatic rings. The highest BCUT2D eigenvalue weighted by Gasteiger charge is 2.36. The second kappa shape index (κ2) is 11.4. The third kappa shape index (κ3) is 6.30. The predicted molar refractivity (Wildman–Crippen MR) is 137 cm³/mol. The molecule has 8 heteroatoms. The van der Waals surface area contributed by atoms with Gasteiger partial charge in [-0.2, -0.15) is 4.31 Å². The van der Waals surface area contributed by atoms with Crippen molar-refractivity contribution in [3.05, 3.63) is 58.5 Å². The molecule has 1 unspecified atom stereocenters. The molecule has 1 fully saturated rings. The van der Waals surface area contributed by atoms with Gasteiger partial charge in [-0.15, -0.1) is 0 Å². The van der Waals surface area contributed by atoms with Gasteiger partial charge in [-0.25, -0.2) is 8.42 Å². The molecule has 1 atom stereocenters. The number of sulfonamides is 1. The molecule has 1 aromatic carbocycles. The van der Waals surface area contributed by atoms with Crippen LogP contribution in [-0.4, -0.2) is 43.4 Å². The number of hydrogen-bond donors (Lipinski definition) is 1. The average Bonchev–Trinajstić information content (AvgIpc) is 3.25. The highest BCUT2D eigenvalue weighted by molar-refractivity contribution is 7.89. The Hall–Kier alpha value is -2.71. The lowest BCUT2D eigenvalue weighted by atomic mass is 9.96. The number of amides is 1. The number of nitrogens with zero attached hydrogens (tertiary/aromatic N) is 2. The number of piperidine rings is 1. The number of nitrogens with one attached hydrogen (secondary N) is 1. The van der Waals surface area contributed by atoms with Gasteiger partial charge in [-0.3, -0.25) is 4.79 Å². The molecule has 7 nitrogen and oxygen atoms in total. The number of hydrogen-bond acceptors (Lipinski definition) is 5. The van der Waals surface area contributed by atoms with Crippen molar-refractivity contribution >= 4 is 28.1 Å². The van der Waals surface area contributed by atoms with Crippen molar-refractivity contribution in [1.29, 1.82) is 0 Å². The van der Waals surface area contributed by atoms with Crippen molar-refractivity contribution in [2.24, 2.45) is 5.92 Å². The Morgan fingerprint density at radius 2 is 1.97 bits per heavy atom. The van der Waals surface area contributed by atoms with Gasteiger partial charge in [0, 0.05) is 19.6 Å². The van der Waals surface area contributed by atoms with Crippen molar-refractivity contribution in [1.82, 2.24) is 14.8 Å². The van der Waals surface area contributed by atoms with Crippen LogP contribution >= 0.6 is 0 Å². The van der Waals surface area contributed by atoms with E-state index in [0.29, 0.717) is 31.6 Å². The van der Waals surface area contributed by atoms with E-state index >= 15 is 0 Å². The molecule has 4 rings (SSSR count). The third-order valence-corrected chi connectivity index (χ3v) is 8.84. The first-order chi connectivity index (χ1) is 16.8. The van der Waals surface area contributed by atoms with Crippen molar-refractivity contribution < 1.29 is 17.7 Å². The summed E-state index contributed by atoms with van der Waals surface area (Å²) in [6.45, 7) is 4.80. The number of aromatic nitrogens is 1. The maximum absolute atomic E-state index is 13.6. The van der Waals surface area contributed by atoms with E-state index in [1.165, 1.54) is 22.7 Å². The van der Waals surface area contributed by atoms with E-state index < -0.39 is 10.0 Å². The molecule has 0 bridgehead atoms. The van der Waals surface area contributed by atoms with Gasteiger partial charge in [0.05, 0.1) is 5.92 Å². The molecule has 0 radical (unpaired) electrons. The predicted octanol–water partition coefficient (Wildman–Crippen LogP) is 4.87. The summed E-state index contributed by atoms with van der Waals surface area (Å²) >= 11 is 0. The van der Waals surface area contributed by atoms with Crippen LogP contribution in [0.5, 0.6) is 0 Å². The van der Waals surface area contributed by atoms with E-state index in [9.17, 15) is 13.2 Å². The van der Waals surface area contributed by atoms with Gasteiger partial charge in [0.15, 0.2) is 10.7 Å². The van der Waals surface area contributed by atoms with Crippen molar-refractivity contribution in [2.45, 2.75) is 63.7 Å². The van der Waals surface area contributed by atoms with Crippen molar-refractivity contribution in [3.63, 3.8) is 0 Å². The summed E-state index contributed by atoms with van der Waals surface area (Å²) in [5.41, 5.74) is 3.82. The Balaban J connectivity index is 1.42. The van der Waals surface area contributed by atoms with Crippen LogP contribution in [0.2, 0.25) is 0 Å². The molecule has 1 N–H and O–H groups in total. The Labute approximate surface area is 208 Å². The molecule has 1 aromatic heterocycles. The first-order valence-corrected chi connectivity index (χ1v) is 14.0. The molecule has 2 heterocycles. The lowest BCUT2D eigenvalue weighted by Crippen LogP contribution is -2.45. The smallest absolute Gasteiger partial charge is 0.248 e. The van der Waals surface area contributed by atoms with Crippen LogP contribution < -0.4 is 5.32 Å². The van der Waals surface area contributed by atoms with Gasteiger partial charge in [0.25, 0.3) is 0 Å². The zero-order chi connectivity index (χ0) is 24.8. The first kappa shape index (κ1) is 25.4. The maximum atomic E-state index is 13.6. The first-order valence-electron chi connectivity index (χ1n) is 12.5. The van der Waals surface area contributed by atoms with Gasteiger partial charge in [-0.1, -0.05) is 52.7 Å². The highest BCUT2D eigenvalue weighted by atomic mass is 32.2. The van der Waals surface area contributed by atoms with Crippen molar-refractivity contribution in [3.8, 4) is 0 Å². The average molecular weight is 498 g/mol. The normalized spacial score (nSPS) is 19.6. The Morgan fingerprint density at radius 3 is 2.71 bits per heavy atom. The second-order valence-corrected chi connectivity index (χ2v) is 11.4. The molecular formula is C27H35N3O4S. The second-order valence-electron chi connectivity index (χ2n) is 9.56. The third-order valence-electron chi connectivity index (χ3n) is 6.82. The van der Waals surface area contributed by atoms with E-state index in [1.807, 2.05) is 37.3 Å². The van der Waals surface area contributed by atoms with Gasteiger partial charge < -0.3 is 9.84 Å². The monoisotopic (exact) mass is 497 g/mol. The fraction of sp³-hybridized carbons (Fsp3) is 0.481. The van der Waals surface area contributed by atoms with Crippen LogP contribution in [-0.2, 0) is 14.8 Å². The lowest BCUT2D eigenvalue weighted by Gasteiger charge is -2.31. The number of benzene rings is 1. The molecule has 1 saturated heterocycles. The topological polar surface area (TPSA) is 92.5 Å². The molecule has 188 valence electrons. The molecule has 35 heavy (non-hydrogen) atoms. The Kier molecular flexibility index (Phi) is 8.23. The fourth-order valence-corrected chi connectivity index (χ4v) is 6.55. The fourth-order valence-electron chi connectivity index (χ4n) is 4.77. The molecular weight excluding hydrogens is 462 g/mol. The van der Waals surface area contributed by atoms with Crippen LogP contribution in [0.15, 0.2) is 45.3 Å². The molecule has 0 spiro atoms. The summed E-state index contributed by atoms with van der Waals surface area (Å²) in [4.78, 5) is 12.9. The van der Waals surface area contributed by atoms with Gasteiger partial charge in [-0.05, 0) is 70.4 Å². The van der Waals surface area contributed by atoms with E-state index in [0.717, 1.165) is 30.4 Å². The summed E-state index contributed by atoms with van der Waals surface area (Å²) in [5.74, 6) is -0.219. The number of rotatable bonds is 8. The summed E-state index contributed by atoms with van der Waals surface area (Å²) in [6, 6.07) is 7.91. The van der Waals surface area contributed by atoms with Crippen LogP contribution in [0.25, 0.3) is 12.2 Å². The zero-order valence-electron chi connectivity index (χ0n) is 20.6. The standard InChI is InChI=1S/C27H35N3O4S/c1-20-10-12-23(13-11-20)14-15-25-26(21(2)29-34-25)35(32,33)30-18-6-9-24(19-30)27(31)28-17-16-22-7-4-3-5-8-22/h7,10-15,24H,3-6,8-9,16-19H2,1-2H3,(H,28,31)/b15-14+. The maximum Gasteiger partial charge on any atom is 0.248 e. The van der Waals surface area contributed by atoms with Gasteiger partial charge in [0.1, 0.15) is 5.69 Å². The summed E-state index contributed by atoms with van der Waals surface area (Å²) < 4.78 is 34.0. The summed E-state index contributed by atoms with van der Waals surface area (Å²) in [5, 5.41) is 6.95. The highest BCUT2D eigenvalue weighted by Crippen LogP contribution is 2.29. The number of carbonyl (C=O) groups excluding carboxylic acids is 1. The summed E-state index contributed by atoms with van der Waals surface area (Å²) in [6.07, 6.45) is 12.7. The minimum atomic E-state index is -3.86. The molecule has 2 aromatic rings. The largest absolute Gasteiger partial charge is 0.356 e. The molecule has 1 amide bonds. The van der Waals surface area contributed by atoms with Gasteiger partial charge >= 0.3 is 0 Å². The Bertz CT molecular complexity index is 1200. The van der Waals surface area contributed by atoms with Gasteiger partial charge in [0.2, 0.25) is 15.9 Å². The quantitative estimate of drug-likeness (QED) is 0.525. The van der Waals surface area contributed by atoms with Crippen LogP contribution in [0.1, 0.15) is 67.5 Å². The van der Waals surface area contributed by atoms with E-state index in [2.05, 4.69) is 16.5 Å². The van der Waals surface area contributed by atoms with E-state index in [-0.39, 0.29) is 29.0 Å². The van der Waals surface area contributed by atoms with Crippen LogP contribution in [0.3, 0.4) is 0 Å². The Morgan fingerprint density at radius 1 is 1.17 bits per heavy atom. The van der Waals surface area contributed by atoms with Crippen molar-refractivity contribution in [2.75, 3.05) is 19.6 Å². The van der Waals surface area contributed by atoms with E-state index in [4.69, 9.17) is 4.52 Å². The van der Waals surface area contributed by atoms with Crippen LogP contribution in [0, 0.1) is 19.8 Å². The molecule has 1 aliphatic heterocycles. The number of allylic oxidation sites excluding steroid dienone is 1. The summed E-state index contributed by atoms with van der Waals surface area (Å²) in [7, 11) is -3.86. The van der Waals surface area contributed by atoms with Crippen LogP contribution in [0.4, 0.5) is 0 Å². The molecule has 1 aliphatic carbocycles.